The molecule has 0 saturated carbocycles. The minimum Gasteiger partial charge on any atom is -0.472 e. The summed E-state index contributed by atoms with van der Waals surface area (Å²) in [5.74, 6) is -0.619. The van der Waals surface area contributed by atoms with Crippen LogP contribution in [-0.2, 0) is 16.6 Å². The fourth-order valence-corrected chi connectivity index (χ4v) is 3.17. The van der Waals surface area contributed by atoms with Crippen LogP contribution in [0.5, 0.6) is 0 Å². The van der Waals surface area contributed by atoms with Crippen molar-refractivity contribution in [3.63, 3.8) is 0 Å². The third-order valence-electron chi connectivity index (χ3n) is 3.09. The zero-order valence-corrected chi connectivity index (χ0v) is 11.9. The van der Waals surface area contributed by atoms with Gasteiger partial charge in [0.1, 0.15) is 0 Å². The lowest BCUT2D eigenvalue weighted by molar-refractivity contribution is 0.463. The SMILES string of the molecule is CN(Cc1ccoc1)S(=O)(=O)c1ccc2[nH]c(=O)oc2c1. The highest BCUT2D eigenvalue weighted by atomic mass is 32.2. The van der Waals surface area contributed by atoms with Crippen LogP contribution < -0.4 is 5.76 Å². The summed E-state index contributed by atoms with van der Waals surface area (Å²) in [6.45, 7) is 0.188. The molecular formula is C13H12N2O5S. The first-order valence-electron chi connectivity index (χ1n) is 6.07. The van der Waals surface area contributed by atoms with Gasteiger partial charge in [-0.1, -0.05) is 0 Å². The molecule has 0 aliphatic rings. The maximum absolute atomic E-state index is 12.5. The summed E-state index contributed by atoms with van der Waals surface area (Å²) in [7, 11) is -2.21. The number of rotatable bonds is 4. The van der Waals surface area contributed by atoms with Gasteiger partial charge in [0.05, 0.1) is 22.9 Å². The van der Waals surface area contributed by atoms with Gasteiger partial charge in [-0.3, -0.25) is 4.98 Å². The Labute approximate surface area is 119 Å². The molecule has 110 valence electrons. The molecule has 0 radical (unpaired) electrons. The first-order chi connectivity index (χ1) is 9.96. The van der Waals surface area contributed by atoms with E-state index in [1.807, 2.05) is 0 Å². The number of fused-ring (bicyclic) bond motifs is 1. The second-order valence-electron chi connectivity index (χ2n) is 4.57. The van der Waals surface area contributed by atoms with Crippen LogP contribution in [-0.4, -0.2) is 24.8 Å². The molecule has 0 aliphatic heterocycles. The molecule has 0 spiro atoms. The summed E-state index contributed by atoms with van der Waals surface area (Å²) in [5, 5.41) is 0. The first-order valence-corrected chi connectivity index (χ1v) is 7.51. The van der Waals surface area contributed by atoms with Crippen LogP contribution in [0.4, 0.5) is 0 Å². The molecule has 0 aliphatic carbocycles. The lowest BCUT2D eigenvalue weighted by Crippen LogP contribution is -2.26. The molecule has 0 atom stereocenters. The molecule has 0 fully saturated rings. The van der Waals surface area contributed by atoms with Gasteiger partial charge in [-0.2, -0.15) is 4.31 Å². The lowest BCUT2D eigenvalue weighted by atomic mass is 10.3. The van der Waals surface area contributed by atoms with Crippen molar-refractivity contribution >= 4 is 21.1 Å². The van der Waals surface area contributed by atoms with Crippen LogP contribution in [0.15, 0.2) is 55.3 Å². The smallest absolute Gasteiger partial charge is 0.417 e. The van der Waals surface area contributed by atoms with Gasteiger partial charge < -0.3 is 8.83 Å². The number of H-pyrrole nitrogens is 1. The Hall–Kier alpha value is -2.32. The van der Waals surface area contributed by atoms with Gasteiger partial charge in [0.2, 0.25) is 10.0 Å². The van der Waals surface area contributed by atoms with E-state index in [0.717, 1.165) is 5.56 Å². The first kappa shape index (κ1) is 13.7. The van der Waals surface area contributed by atoms with Crippen molar-refractivity contribution in [3.05, 3.63) is 52.9 Å². The van der Waals surface area contributed by atoms with Crippen molar-refractivity contribution in [3.8, 4) is 0 Å². The van der Waals surface area contributed by atoms with E-state index in [0.29, 0.717) is 5.52 Å². The molecule has 0 saturated heterocycles. The van der Waals surface area contributed by atoms with Crippen molar-refractivity contribution < 1.29 is 17.3 Å². The molecule has 3 rings (SSSR count). The van der Waals surface area contributed by atoms with Crippen LogP contribution in [0, 0.1) is 0 Å². The van der Waals surface area contributed by atoms with Crippen LogP contribution in [0.2, 0.25) is 0 Å². The Morgan fingerprint density at radius 1 is 1.29 bits per heavy atom. The minimum absolute atomic E-state index is 0.0590. The van der Waals surface area contributed by atoms with Crippen LogP contribution in [0.3, 0.4) is 0 Å². The van der Waals surface area contributed by atoms with Gasteiger partial charge in [-0.25, -0.2) is 13.2 Å². The standard InChI is InChI=1S/C13H12N2O5S/c1-15(7-9-4-5-19-8-9)21(17,18)10-2-3-11-12(6-10)20-13(16)14-11/h2-6,8H,7H2,1H3,(H,14,16). The number of oxazole rings is 1. The minimum atomic E-state index is -3.68. The number of sulfonamides is 1. The molecular weight excluding hydrogens is 296 g/mol. The summed E-state index contributed by atoms with van der Waals surface area (Å²) in [5.41, 5.74) is 1.41. The van der Waals surface area contributed by atoms with Gasteiger partial charge in [-0.15, -0.1) is 0 Å². The van der Waals surface area contributed by atoms with Crippen LogP contribution >= 0.6 is 0 Å². The Balaban J connectivity index is 1.96. The molecule has 1 aromatic carbocycles. The Morgan fingerprint density at radius 3 is 2.81 bits per heavy atom. The topological polar surface area (TPSA) is 96.5 Å². The highest BCUT2D eigenvalue weighted by Gasteiger charge is 2.22. The third-order valence-corrected chi connectivity index (χ3v) is 4.89. The summed E-state index contributed by atoms with van der Waals surface area (Å²) in [4.78, 5) is 13.6. The number of hydrogen-bond donors (Lipinski definition) is 1. The van der Waals surface area contributed by atoms with E-state index in [9.17, 15) is 13.2 Å². The largest absolute Gasteiger partial charge is 0.472 e. The van der Waals surface area contributed by atoms with Crippen LogP contribution in [0.25, 0.3) is 11.1 Å². The summed E-state index contributed by atoms with van der Waals surface area (Å²) < 4.78 is 35.9. The molecule has 21 heavy (non-hydrogen) atoms. The number of furan rings is 1. The molecule has 1 N–H and O–H groups in total. The zero-order chi connectivity index (χ0) is 15.0. The average molecular weight is 308 g/mol. The van der Waals surface area contributed by atoms with Crippen molar-refractivity contribution in [1.29, 1.82) is 0 Å². The van der Waals surface area contributed by atoms with Crippen molar-refractivity contribution in [2.24, 2.45) is 0 Å². The van der Waals surface area contributed by atoms with Gasteiger partial charge in [0.15, 0.2) is 5.58 Å². The molecule has 0 bridgehead atoms. The molecule has 3 aromatic rings. The van der Waals surface area contributed by atoms with E-state index in [2.05, 4.69) is 4.98 Å². The maximum atomic E-state index is 12.5. The fourth-order valence-electron chi connectivity index (χ4n) is 1.99. The summed E-state index contributed by atoms with van der Waals surface area (Å²) in [6, 6.07) is 5.95. The molecule has 2 heterocycles. The van der Waals surface area contributed by atoms with Crippen molar-refractivity contribution in [1.82, 2.24) is 9.29 Å². The van der Waals surface area contributed by atoms with E-state index in [1.165, 1.54) is 42.1 Å². The monoisotopic (exact) mass is 308 g/mol. The van der Waals surface area contributed by atoms with E-state index < -0.39 is 15.8 Å². The van der Waals surface area contributed by atoms with E-state index in [4.69, 9.17) is 8.83 Å². The molecule has 0 amide bonds. The normalized spacial score (nSPS) is 12.3. The highest BCUT2D eigenvalue weighted by molar-refractivity contribution is 7.89. The van der Waals surface area contributed by atoms with E-state index in [1.54, 1.807) is 6.07 Å². The van der Waals surface area contributed by atoms with E-state index >= 15 is 0 Å². The number of benzene rings is 1. The predicted octanol–water partition coefficient (Wildman–Crippen LogP) is 1.53. The number of nitrogens with zero attached hydrogens (tertiary/aromatic N) is 1. The van der Waals surface area contributed by atoms with Crippen molar-refractivity contribution in [2.75, 3.05) is 7.05 Å². The number of aromatic amines is 1. The van der Waals surface area contributed by atoms with Gasteiger partial charge in [0.25, 0.3) is 0 Å². The number of nitrogens with one attached hydrogen (secondary N) is 1. The number of aromatic nitrogens is 1. The van der Waals surface area contributed by atoms with Gasteiger partial charge in [-0.05, 0) is 18.2 Å². The highest BCUT2D eigenvalue weighted by Crippen LogP contribution is 2.20. The molecule has 7 nitrogen and oxygen atoms in total. The van der Waals surface area contributed by atoms with Crippen LogP contribution in [0.1, 0.15) is 5.56 Å². The fraction of sp³-hybridized carbons (Fsp3) is 0.154. The molecule has 0 unspecified atom stereocenters. The van der Waals surface area contributed by atoms with Gasteiger partial charge >= 0.3 is 5.76 Å². The second kappa shape index (κ2) is 4.90. The zero-order valence-electron chi connectivity index (χ0n) is 11.1. The van der Waals surface area contributed by atoms with E-state index in [-0.39, 0.29) is 17.0 Å². The lowest BCUT2D eigenvalue weighted by Gasteiger charge is -2.16. The molecule has 8 heteroatoms. The van der Waals surface area contributed by atoms with Gasteiger partial charge in [0, 0.05) is 25.2 Å². The summed E-state index contributed by atoms with van der Waals surface area (Å²) >= 11 is 0. The second-order valence-corrected chi connectivity index (χ2v) is 6.61. The Morgan fingerprint density at radius 2 is 2.10 bits per heavy atom. The van der Waals surface area contributed by atoms with Crippen molar-refractivity contribution in [2.45, 2.75) is 11.4 Å². The average Bonchev–Trinajstić information content (AvgIpc) is 3.05. The summed E-state index contributed by atoms with van der Waals surface area (Å²) in [6.07, 6.45) is 2.97. The maximum Gasteiger partial charge on any atom is 0.417 e. The third kappa shape index (κ3) is 2.50. The molecule has 2 aromatic heterocycles. The Bertz CT molecular complexity index is 921. The predicted molar refractivity (Wildman–Crippen MR) is 74.2 cm³/mol. The number of hydrogen-bond acceptors (Lipinski definition) is 5. The quantitative estimate of drug-likeness (QED) is 0.788. The Kier molecular flexibility index (Phi) is 3.19.